The first-order valence-corrected chi connectivity index (χ1v) is 4.46. The highest BCUT2D eigenvalue weighted by Crippen LogP contribution is 2.11. The molecule has 0 bridgehead atoms. The quantitative estimate of drug-likeness (QED) is 0.443. The lowest BCUT2D eigenvalue weighted by atomic mass is 10.1. The van der Waals surface area contributed by atoms with Gasteiger partial charge in [-0.2, -0.15) is 0 Å². The van der Waals surface area contributed by atoms with Crippen LogP contribution in [-0.2, 0) is 0 Å². The van der Waals surface area contributed by atoms with Crippen molar-refractivity contribution in [3.63, 3.8) is 0 Å². The Labute approximate surface area is 87.8 Å². The minimum absolute atomic E-state index is 0. The maximum atomic E-state index is 3.86. The molecule has 0 aliphatic heterocycles. The molecule has 0 aromatic rings. The Balaban J connectivity index is 0. The minimum Gasteiger partial charge on any atom is -1.00 e. The van der Waals surface area contributed by atoms with Gasteiger partial charge in [0.05, 0.1) is 21.1 Å². The van der Waals surface area contributed by atoms with E-state index in [4.69, 9.17) is 0 Å². The molecule has 0 N–H and O–H groups in total. The van der Waals surface area contributed by atoms with E-state index in [2.05, 4.69) is 40.7 Å². The van der Waals surface area contributed by atoms with Gasteiger partial charge >= 0.3 is 0 Å². The van der Waals surface area contributed by atoms with E-state index < -0.39 is 0 Å². The van der Waals surface area contributed by atoms with E-state index in [-0.39, 0.29) is 17.0 Å². The highest BCUT2D eigenvalue weighted by Gasteiger charge is 2.18. The molecular weight excluding hydrogens is 214 g/mol. The van der Waals surface area contributed by atoms with Crippen molar-refractivity contribution in [1.29, 1.82) is 0 Å². The molecule has 0 heterocycles. The predicted octanol–water partition coefficient (Wildman–Crippen LogP) is -0.559. The molecule has 0 fully saturated rings. The second kappa shape index (κ2) is 6.67. The van der Waals surface area contributed by atoms with E-state index in [1.165, 1.54) is 19.3 Å². The Hall–Kier alpha value is 0.180. The molecule has 74 valence electrons. The lowest BCUT2D eigenvalue weighted by Gasteiger charge is -2.32. The van der Waals surface area contributed by atoms with Crippen molar-refractivity contribution in [2.75, 3.05) is 21.1 Å². The number of hydrogen-bond donors (Lipinski definition) is 0. The van der Waals surface area contributed by atoms with E-state index in [9.17, 15) is 0 Å². The third-order valence-electron chi connectivity index (χ3n) is 2.12. The summed E-state index contributed by atoms with van der Waals surface area (Å²) >= 11 is 0. The Morgan fingerprint density at radius 3 is 2.08 bits per heavy atom. The molecule has 12 heavy (non-hydrogen) atoms. The molecule has 0 spiro atoms. The molecule has 0 radical (unpaired) electrons. The average Bonchev–Trinajstić information content (AvgIpc) is 1.87. The van der Waals surface area contributed by atoms with Crippen LogP contribution in [0.25, 0.3) is 0 Å². The van der Waals surface area contributed by atoms with Gasteiger partial charge in [0.15, 0.2) is 0 Å². The standard InChI is InChI=1S/C10H22N.BrH/c1-6-8-9-10(7-2)11(3,4)5;/h7,10H,2,6,8-9H2,1,3-5H3;1H/q+1;/p-1. The zero-order valence-electron chi connectivity index (χ0n) is 8.81. The van der Waals surface area contributed by atoms with Crippen molar-refractivity contribution >= 4 is 0 Å². The van der Waals surface area contributed by atoms with Gasteiger partial charge in [-0.05, 0) is 12.5 Å². The number of hydrogen-bond acceptors (Lipinski definition) is 0. The fourth-order valence-electron chi connectivity index (χ4n) is 1.23. The molecule has 0 amide bonds. The van der Waals surface area contributed by atoms with Gasteiger partial charge in [-0.15, -0.1) is 0 Å². The van der Waals surface area contributed by atoms with Gasteiger partial charge in [0.25, 0.3) is 0 Å². The highest BCUT2D eigenvalue weighted by atomic mass is 79.9. The molecule has 0 saturated heterocycles. The van der Waals surface area contributed by atoms with Gasteiger partial charge in [-0.1, -0.05) is 19.9 Å². The average molecular weight is 236 g/mol. The molecule has 0 aliphatic rings. The van der Waals surface area contributed by atoms with Gasteiger partial charge in [0, 0.05) is 6.42 Å². The van der Waals surface area contributed by atoms with Crippen molar-refractivity contribution in [2.24, 2.45) is 0 Å². The number of unbranched alkanes of at least 4 members (excludes halogenated alkanes) is 1. The van der Waals surface area contributed by atoms with Crippen LogP contribution in [-0.4, -0.2) is 31.7 Å². The monoisotopic (exact) mass is 235 g/mol. The van der Waals surface area contributed by atoms with Crippen LogP contribution in [0.3, 0.4) is 0 Å². The first kappa shape index (κ1) is 14.7. The van der Waals surface area contributed by atoms with E-state index in [0.29, 0.717) is 6.04 Å². The van der Waals surface area contributed by atoms with Gasteiger partial charge < -0.3 is 21.5 Å². The fraction of sp³-hybridized carbons (Fsp3) is 0.800. The van der Waals surface area contributed by atoms with Crippen LogP contribution in [0.5, 0.6) is 0 Å². The maximum absolute atomic E-state index is 3.86. The van der Waals surface area contributed by atoms with Crippen LogP contribution >= 0.6 is 0 Å². The second-order valence-electron chi connectivity index (χ2n) is 4.06. The highest BCUT2D eigenvalue weighted by molar-refractivity contribution is 4.79. The number of rotatable bonds is 5. The molecule has 0 aliphatic carbocycles. The van der Waals surface area contributed by atoms with Crippen LogP contribution < -0.4 is 17.0 Å². The summed E-state index contributed by atoms with van der Waals surface area (Å²) in [6.45, 7) is 6.10. The molecule has 1 nitrogen and oxygen atoms in total. The zero-order chi connectivity index (χ0) is 8.91. The molecule has 0 rings (SSSR count). The fourth-order valence-corrected chi connectivity index (χ4v) is 1.23. The Kier molecular flexibility index (Phi) is 8.17. The summed E-state index contributed by atoms with van der Waals surface area (Å²) in [5, 5.41) is 0. The number of nitrogens with zero attached hydrogens (tertiary/aromatic N) is 1. The molecule has 0 aromatic heterocycles. The predicted molar refractivity (Wildman–Crippen MR) is 51.5 cm³/mol. The van der Waals surface area contributed by atoms with Gasteiger partial charge in [-0.3, -0.25) is 0 Å². The van der Waals surface area contributed by atoms with E-state index in [0.717, 1.165) is 4.48 Å². The topological polar surface area (TPSA) is 0 Å². The van der Waals surface area contributed by atoms with Crippen LogP contribution in [0.4, 0.5) is 0 Å². The molecular formula is C10H22BrN. The molecule has 1 unspecified atom stereocenters. The zero-order valence-corrected chi connectivity index (χ0v) is 10.4. The second-order valence-corrected chi connectivity index (χ2v) is 4.06. The molecule has 0 aromatic carbocycles. The van der Waals surface area contributed by atoms with Crippen LogP contribution in [0, 0.1) is 0 Å². The Morgan fingerprint density at radius 1 is 1.33 bits per heavy atom. The van der Waals surface area contributed by atoms with Crippen molar-refractivity contribution in [2.45, 2.75) is 32.2 Å². The van der Waals surface area contributed by atoms with Crippen LogP contribution in [0.2, 0.25) is 0 Å². The lowest BCUT2D eigenvalue weighted by molar-refractivity contribution is -0.889. The number of halogens is 1. The van der Waals surface area contributed by atoms with Crippen LogP contribution in [0.1, 0.15) is 26.2 Å². The minimum atomic E-state index is 0. The molecule has 1 atom stereocenters. The van der Waals surface area contributed by atoms with Crippen LogP contribution in [0.15, 0.2) is 12.7 Å². The first-order valence-electron chi connectivity index (χ1n) is 4.46. The smallest absolute Gasteiger partial charge is 0.107 e. The SMILES string of the molecule is C=CC(CCCC)[N+](C)(C)C.[Br-]. The first-order chi connectivity index (χ1) is 5.02. The van der Waals surface area contributed by atoms with Gasteiger partial charge in [0.2, 0.25) is 0 Å². The van der Waals surface area contributed by atoms with E-state index in [1.807, 2.05) is 0 Å². The summed E-state index contributed by atoms with van der Waals surface area (Å²) in [6.07, 6.45) is 5.94. The third kappa shape index (κ3) is 5.78. The van der Waals surface area contributed by atoms with Gasteiger partial charge in [0.1, 0.15) is 6.04 Å². The summed E-state index contributed by atoms with van der Waals surface area (Å²) in [5.74, 6) is 0. The normalized spacial score (nSPS) is 13.3. The summed E-state index contributed by atoms with van der Waals surface area (Å²) in [5.41, 5.74) is 0. The van der Waals surface area contributed by atoms with E-state index >= 15 is 0 Å². The van der Waals surface area contributed by atoms with Crippen molar-refractivity contribution in [1.82, 2.24) is 0 Å². The summed E-state index contributed by atoms with van der Waals surface area (Å²) in [7, 11) is 6.67. The van der Waals surface area contributed by atoms with Crippen molar-refractivity contribution < 1.29 is 21.5 Å². The third-order valence-corrected chi connectivity index (χ3v) is 2.12. The lowest BCUT2D eigenvalue weighted by Crippen LogP contribution is -3.00. The summed E-state index contributed by atoms with van der Waals surface area (Å²) in [6, 6.07) is 0.620. The Bertz CT molecular complexity index is 115. The molecule has 2 heteroatoms. The largest absolute Gasteiger partial charge is 1.00 e. The number of quaternary nitrogens is 1. The summed E-state index contributed by atoms with van der Waals surface area (Å²) < 4.78 is 1.00. The molecule has 0 saturated carbocycles. The number of likely N-dealkylation sites (N-methyl/N-ethyl adjacent to an activating group) is 1. The van der Waals surface area contributed by atoms with Crippen molar-refractivity contribution in [3.05, 3.63) is 12.7 Å². The maximum Gasteiger partial charge on any atom is 0.107 e. The van der Waals surface area contributed by atoms with Gasteiger partial charge in [-0.25, -0.2) is 0 Å². The van der Waals surface area contributed by atoms with E-state index in [1.54, 1.807) is 0 Å². The Morgan fingerprint density at radius 2 is 1.83 bits per heavy atom. The van der Waals surface area contributed by atoms with Crippen molar-refractivity contribution in [3.8, 4) is 0 Å². The summed E-state index contributed by atoms with van der Waals surface area (Å²) in [4.78, 5) is 0.